The lowest BCUT2D eigenvalue weighted by atomic mass is 9.96. The summed E-state index contributed by atoms with van der Waals surface area (Å²) in [5, 5.41) is 8.97. The summed E-state index contributed by atoms with van der Waals surface area (Å²) in [5.74, 6) is 0.253. The molecular weight excluding hydrogens is 620 g/mol. The molecule has 2 amide bonds. The highest BCUT2D eigenvalue weighted by atomic mass is 32.1. The second-order valence-electron chi connectivity index (χ2n) is 11.1. The number of hydrogen-bond donors (Lipinski definition) is 1. The number of amides is 2. The van der Waals surface area contributed by atoms with Gasteiger partial charge in [0, 0.05) is 16.6 Å². The molecule has 2 aromatic heterocycles. The number of nitrogens with one attached hydrogen (secondary N) is 1. The third kappa shape index (κ3) is 7.36. The average molecular weight is 653 g/mol. The molecule has 2 heterocycles. The first-order valence-corrected chi connectivity index (χ1v) is 15.3. The zero-order chi connectivity index (χ0) is 33.2. The van der Waals surface area contributed by atoms with E-state index in [1.54, 1.807) is 31.2 Å². The summed E-state index contributed by atoms with van der Waals surface area (Å²) in [4.78, 5) is 22.0. The Morgan fingerprint density at radius 2 is 1.70 bits per heavy atom. The van der Waals surface area contributed by atoms with Crippen molar-refractivity contribution in [2.24, 2.45) is 4.99 Å². The summed E-state index contributed by atoms with van der Waals surface area (Å²) < 4.78 is 60.0. The Morgan fingerprint density at radius 1 is 1.00 bits per heavy atom. The molecule has 0 aliphatic heterocycles. The minimum absolute atomic E-state index is 0.261. The third-order valence-corrected chi connectivity index (χ3v) is 8.24. The summed E-state index contributed by atoms with van der Waals surface area (Å²) in [6.45, 7) is 9.84. The number of urea groups is 1. The fourth-order valence-corrected chi connectivity index (χ4v) is 6.05. The highest BCUT2D eigenvalue weighted by molar-refractivity contribution is 7.07. The van der Waals surface area contributed by atoms with Crippen LogP contribution in [0.15, 0.2) is 83.4 Å². The molecule has 46 heavy (non-hydrogen) atoms. The van der Waals surface area contributed by atoms with Crippen LogP contribution in [0.1, 0.15) is 55.2 Å². The molecule has 5 aromatic rings. The van der Waals surface area contributed by atoms with Crippen LogP contribution < -0.4 is 14.9 Å². The van der Waals surface area contributed by atoms with Crippen molar-refractivity contribution in [3.8, 4) is 28.5 Å². The van der Waals surface area contributed by atoms with Gasteiger partial charge in [0.25, 0.3) is 0 Å². The number of aromatic nitrogens is 4. The first-order valence-electron chi connectivity index (χ1n) is 14.4. The van der Waals surface area contributed by atoms with Gasteiger partial charge in [-0.3, -0.25) is 4.57 Å². The first kappa shape index (κ1) is 32.6. The van der Waals surface area contributed by atoms with Crippen molar-refractivity contribution in [1.82, 2.24) is 24.6 Å². The van der Waals surface area contributed by atoms with Crippen LogP contribution >= 0.6 is 11.3 Å². The van der Waals surface area contributed by atoms with Crippen LogP contribution in [0.2, 0.25) is 0 Å². The maximum absolute atomic E-state index is 15.5. The minimum Gasteiger partial charge on any atom is -0.406 e. The SMILES string of the molecule is Cc1cccc(-n2c(C)cs/c2=N\C(=O)NC(C)C(F)c2ccc(-c3ncn(-c4ccc(OC(F)(F)F)cc4)n3)cc2)c1C(C)C. The van der Waals surface area contributed by atoms with Crippen LogP contribution in [0.4, 0.5) is 22.4 Å². The van der Waals surface area contributed by atoms with Crippen molar-refractivity contribution in [3.63, 3.8) is 0 Å². The van der Waals surface area contributed by atoms with Gasteiger partial charge in [-0.05, 0) is 73.7 Å². The lowest BCUT2D eigenvalue weighted by Gasteiger charge is -2.18. The van der Waals surface area contributed by atoms with E-state index in [9.17, 15) is 18.0 Å². The van der Waals surface area contributed by atoms with Gasteiger partial charge in [0.2, 0.25) is 0 Å². The molecule has 5 rings (SSSR count). The lowest BCUT2D eigenvalue weighted by Crippen LogP contribution is -2.35. The molecule has 2 atom stereocenters. The summed E-state index contributed by atoms with van der Waals surface area (Å²) >= 11 is 1.34. The predicted octanol–water partition coefficient (Wildman–Crippen LogP) is 8.13. The summed E-state index contributed by atoms with van der Waals surface area (Å²) in [6, 6.07) is 16.2. The maximum Gasteiger partial charge on any atom is 0.573 e. The standard InChI is InChI=1S/C33H32F4N6O2S/c1-19(2)28-20(3)7-6-8-27(28)43-21(4)17-46-32(43)40-31(44)39-22(5)29(34)23-9-11-24(12-10-23)30-38-18-42(41-30)25-13-15-26(16-14-25)45-33(35,36)37/h6-19,22,29H,1-5H3,(H,39,44)/b40-32-. The van der Waals surface area contributed by atoms with Crippen LogP contribution in [0.25, 0.3) is 22.8 Å². The van der Waals surface area contributed by atoms with Crippen LogP contribution in [-0.2, 0) is 0 Å². The molecule has 0 spiro atoms. The van der Waals surface area contributed by atoms with E-state index in [0.29, 0.717) is 27.4 Å². The molecule has 8 nitrogen and oxygen atoms in total. The predicted molar refractivity (Wildman–Crippen MR) is 168 cm³/mol. The molecule has 240 valence electrons. The molecule has 0 aliphatic rings. The molecule has 0 bridgehead atoms. The van der Waals surface area contributed by atoms with Crippen molar-refractivity contribution < 1.29 is 27.1 Å². The normalized spacial score (nSPS) is 13.6. The Bertz CT molecular complexity index is 1890. The molecular formula is C33H32F4N6O2S. The highest BCUT2D eigenvalue weighted by Crippen LogP contribution is 2.28. The van der Waals surface area contributed by atoms with E-state index in [0.717, 1.165) is 16.9 Å². The topological polar surface area (TPSA) is 86.3 Å². The molecule has 1 N–H and O–H groups in total. The second-order valence-corrected chi connectivity index (χ2v) is 11.9. The number of carbonyl (C=O) groups excluding carboxylic acids is 1. The molecule has 0 saturated heterocycles. The average Bonchev–Trinajstić information content (AvgIpc) is 3.63. The molecule has 0 radical (unpaired) electrons. The van der Waals surface area contributed by atoms with Crippen molar-refractivity contribution in [3.05, 3.63) is 106 Å². The number of alkyl halides is 4. The fourth-order valence-electron chi connectivity index (χ4n) is 5.19. The van der Waals surface area contributed by atoms with E-state index < -0.39 is 24.6 Å². The third-order valence-electron chi connectivity index (χ3n) is 7.30. The van der Waals surface area contributed by atoms with Gasteiger partial charge in [0.15, 0.2) is 10.6 Å². The fraction of sp³-hybridized carbons (Fsp3) is 0.273. The summed E-state index contributed by atoms with van der Waals surface area (Å²) in [6.07, 6.45) is -4.88. The largest absolute Gasteiger partial charge is 0.573 e. The smallest absolute Gasteiger partial charge is 0.406 e. The molecule has 3 aromatic carbocycles. The number of rotatable bonds is 8. The van der Waals surface area contributed by atoms with Gasteiger partial charge in [-0.15, -0.1) is 29.6 Å². The van der Waals surface area contributed by atoms with Crippen molar-refractivity contribution in [1.29, 1.82) is 0 Å². The Labute approximate surface area is 267 Å². The number of nitrogens with zero attached hydrogens (tertiary/aromatic N) is 5. The maximum atomic E-state index is 15.5. The van der Waals surface area contributed by atoms with Crippen molar-refractivity contribution in [2.45, 2.75) is 59.1 Å². The van der Waals surface area contributed by atoms with Crippen LogP contribution in [0.3, 0.4) is 0 Å². The number of halogens is 4. The van der Waals surface area contributed by atoms with E-state index in [1.807, 2.05) is 29.0 Å². The zero-order valence-electron chi connectivity index (χ0n) is 25.7. The Kier molecular flexibility index (Phi) is 9.42. The van der Waals surface area contributed by atoms with E-state index in [4.69, 9.17) is 0 Å². The highest BCUT2D eigenvalue weighted by Gasteiger charge is 2.31. The number of aryl methyl sites for hydroxylation is 2. The number of carbonyl (C=O) groups is 1. The van der Waals surface area contributed by atoms with Crippen LogP contribution in [0, 0.1) is 13.8 Å². The van der Waals surface area contributed by atoms with Crippen molar-refractivity contribution in [2.75, 3.05) is 0 Å². The Hall–Kier alpha value is -4.78. The van der Waals surface area contributed by atoms with Gasteiger partial charge in [0.05, 0.1) is 17.4 Å². The van der Waals surface area contributed by atoms with Gasteiger partial charge in [-0.25, -0.2) is 18.9 Å². The van der Waals surface area contributed by atoms with Gasteiger partial charge in [-0.1, -0.05) is 50.2 Å². The summed E-state index contributed by atoms with van der Waals surface area (Å²) in [7, 11) is 0. The minimum atomic E-state index is -4.78. The van der Waals surface area contributed by atoms with Crippen LogP contribution in [0.5, 0.6) is 5.75 Å². The summed E-state index contributed by atoms with van der Waals surface area (Å²) in [5.41, 5.74) is 5.65. The van der Waals surface area contributed by atoms with Crippen molar-refractivity contribution >= 4 is 17.4 Å². The molecule has 13 heteroatoms. The number of ether oxygens (including phenoxy) is 1. The number of hydrogen-bond acceptors (Lipinski definition) is 5. The Morgan fingerprint density at radius 3 is 2.35 bits per heavy atom. The quantitative estimate of drug-likeness (QED) is 0.172. The van der Waals surface area contributed by atoms with E-state index >= 15 is 4.39 Å². The zero-order valence-corrected chi connectivity index (χ0v) is 26.5. The van der Waals surface area contributed by atoms with E-state index in [-0.39, 0.29) is 11.7 Å². The monoisotopic (exact) mass is 652 g/mol. The Balaban J connectivity index is 1.27. The number of benzene rings is 3. The van der Waals surface area contributed by atoms with E-state index in [2.05, 4.69) is 52.0 Å². The second kappa shape index (κ2) is 13.3. The van der Waals surface area contributed by atoms with Gasteiger partial charge < -0.3 is 10.1 Å². The molecule has 0 saturated carbocycles. The first-order chi connectivity index (χ1) is 21.8. The lowest BCUT2D eigenvalue weighted by molar-refractivity contribution is -0.274. The van der Waals surface area contributed by atoms with Crippen LogP contribution in [-0.4, -0.2) is 37.8 Å². The number of thiazole rings is 1. The molecule has 0 aliphatic carbocycles. The van der Waals surface area contributed by atoms with Gasteiger partial charge in [0.1, 0.15) is 18.2 Å². The molecule has 2 unspecified atom stereocenters. The van der Waals surface area contributed by atoms with Gasteiger partial charge >= 0.3 is 12.4 Å². The molecule has 0 fully saturated rings. The van der Waals surface area contributed by atoms with Gasteiger partial charge in [-0.2, -0.15) is 4.99 Å². The van der Waals surface area contributed by atoms with E-state index in [1.165, 1.54) is 52.2 Å².